The van der Waals surface area contributed by atoms with Crippen molar-refractivity contribution in [3.63, 3.8) is 0 Å². The number of thiophene rings is 1. The first-order chi connectivity index (χ1) is 17.7. The van der Waals surface area contributed by atoms with Gasteiger partial charge in [-0.3, -0.25) is 4.79 Å². The Bertz CT molecular complexity index is 1350. The van der Waals surface area contributed by atoms with Gasteiger partial charge in [-0.1, -0.05) is 12.1 Å². The number of hydrogen-bond donors (Lipinski definition) is 2. The average molecular weight is 551 g/mol. The van der Waals surface area contributed by atoms with E-state index in [1.54, 1.807) is 27.0 Å². The number of nitrogens with one attached hydrogen (secondary N) is 1. The topological polar surface area (TPSA) is 87.6 Å². The molecule has 7 nitrogen and oxygen atoms in total. The minimum atomic E-state index is -3.81. The van der Waals surface area contributed by atoms with E-state index in [0.717, 1.165) is 37.7 Å². The van der Waals surface area contributed by atoms with E-state index < -0.39 is 34.5 Å². The summed E-state index contributed by atoms with van der Waals surface area (Å²) in [6, 6.07) is 4.67. The number of piperidine rings is 1. The third-order valence-corrected chi connectivity index (χ3v) is 8.64. The summed E-state index contributed by atoms with van der Waals surface area (Å²) in [6.45, 7) is 6.77. The van der Waals surface area contributed by atoms with Gasteiger partial charge in [-0.05, 0) is 59.7 Å². The first kappa shape index (κ1) is 28.4. The number of ether oxygens (including phenoxy) is 1. The number of anilines is 1. The van der Waals surface area contributed by atoms with Gasteiger partial charge in [0.25, 0.3) is 0 Å². The quantitative estimate of drug-likeness (QED) is 0.360. The SMILES string of the molecule is COC1(C(=O)c2cc3c(N[C@H](C)c4cccc(C(F)(F)C(C)(C)O)c4F)nnc(C)c3s2)CCN(C)CC1. The fourth-order valence-electron chi connectivity index (χ4n) is 4.75. The van der Waals surface area contributed by atoms with Crippen LogP contribution in [0.25, 0.3) is 10.1 Å². The van der Waals surface area contributed by atoms with E-state index in [4.69, 9.17) is 4.74 Å². The molecule has 0 amide bonds. The highest BCUT2D eigenvalue weighted by atomic mass is 32.1. The van der Waals surface area contributed by atoms with Gasteiger partial charge in [0.1, 0.15) is 17.0 Å². The van der Waals surface area contributed by atoms with E-state index in [9.17, 15) is 18.7 Å². The molecule has 0 unspecified atom stereocenters. The van der Waals surface area contributed by atoms with Crippen LogP contribution in [0, 0.1) is 12.7 Å². The lowest BCUT2D eigenvalue weighted by molar-refractivity contribution is -0.170. The van der Waals surface area contributed by atoms with Crippen LogP contribution in [-0.4, -0.2) is 64.4 Å². The zero-order chi connectivity index (χ0) is 28.0. The molecule has 0 spiro atoms. The molecule has 1 aliphatic rings. The van der Waals surface area contributed by atoms with Gasteiger partial charge in [0.15, 0.2) is 5.82 Å². The smallest absolute Gasteiger partial charge is 0.303 e. The van der Waals surface area contributed by atoms with Crippen LogP contribution in [-0.2, 0) is 10.7 Å². The number of aryl methyl sites for hydroxylation is 1. The predicted molar refractivity (Wildman–Crippen MR) is 142 cm³/mol. The van der Waals surface area contributed by atoms with E-state index in [1.807, 2.05) is 7.05 Å². The first-order valence-corrected chi connectivity index (χ1v) is 13.2. The lowest BCUT2D eigenvalue weighted by atomic mass is 9.86. The number of fused-ring (bicyclic) bond motifs is 1. The molecule has 0 bridgehead atoms. The number of likely N-dealkylation sites (tertiary alicyclic amines) is 1. The Balaban J connectivity index is 1.68. The number of halogens is 3. The summed E-state index contributed by atoms with van der Waals surface area (Å²) in [6.07, 6.45) is 1.16. The minimum absolute atomic E-state index is 0.0156. The van der Waals surface area contributed by atoms with Crippen LogP contribution in [0.3, 0.4) is 0 Å². The Morgan fingerprint density at radius 2 is 1.92 bits per heavy atom. The van der Waals surface area contributed by atoms with Gasteiger partial charge in [0.05, 0.1) is 26.9 Å². The molecule has 206 valence electrons. The second-order valence-electron chi connectivity index (χ2n) is 10.5. The normalized spacial score (nSPS) is 17.5. The summed E-state index contributed by atoms with van der Waals surface area (Å²) in [5, 5.41) is 22.1. The summed E-state index contributed by atoms with van der Waals surface area (Å²) in [4.78, 5) is 16.3. The van der Waals surface area contributed by atoms with Crippen LogP contribution in [0.4, 0.5) is 19.0 Å². The molecule has 1 aliphatic heterocycles. The van der Waals surface area contributed by atoms with Crippen molar-refractivity contribution in [1.29, 1.82) is 0 Å². The predicted octanol–water partition coefficient (Wildman–Crippen LogP) is 5.47. The van der Waals surface area contributed by atoms with Crippen LogP contribution >= 0.6 is 11.3 Å². The van der Waals surface area contributed by atoms with Crippen molar-refractivity contribution in [3.05, 3.63) is 51.8 Å². The van der Waals surface area contributed by atoms with Crippen LogP contribution in [0.2, 0.25) is 0 Å². The fraction of sp³-hybridized carbons (Fsp3) is 0.519. The number of nitrogens with zero attached hydrogens (tertiary/aromatic N) is 3. The van der Waals surface area contributed by atoms with E-state index >= 15 is 4.39 Å². The highest BCUT2D eigenvalue weighted by Gasteiger charge is 2.49. The standard InChI is InChI=1S/C27H33F3N4O3S/c1-15(17-8-7-9-19(21(17)28)27(29,30)25(3,4)36)31-24-18-14-20(38-22(18)16(2)32-33-24)23(35)26(37-6)10-12-34(5)13-11-26/h7-9,14-15,36H,10-13H2,1-6H3,(H,31,33)/t15-/m1/s1. The lowest BCUT2D eigenvalue weighted by Gasteiger charge is -2.37. The van der Waals surface area contributed by atoms with E-state index in [-0.39, 0.29) is 11.3 Å². The molecule has 1 fully saturated rings. The van der Waals surface area contributed by atoms with Gasteiger partial charge in [-0.15, -0.1) is 16.4 Å². The highest BCUT2D eigenvalue weighted by molar-refractivity contribution is 7.21. The van der Waals surface area contributed by atoms with Gasteiger partial charge in [0, 0.05) is 31.1 Å². The molecule has 11 heteroatoms. The number of rotatable bonds is 8. The molecule has 0 aliphatic carbocycles. The minimum Gasteiger partial charge on any atom is -0.384 e. The molecule has 0 radical (unpaired) electrons. The fourth-order valence-corrected chi connectivity index (χ4v) is 5.88. The lowest BCUT2D eigenvalue weighted by Crippen LogP contribution is -2.49. The Hall–Kier alpha value is -2.60. The maximum atomic E-state index is 15.3. The van der Waals surface area contributed by atoms with Crippen molar-refractivity contribution in [2.75, 3.05) is 32.6 Å². The van der Waals surface area contributed by atoms with Gasteiger partial charge in [-0.2, -0.15) is 13.9 Å². The van der Waals surface area contributed by atoms with Crippen LogP contribution in [0.1, 0.15) is 66.1 Å². The molecular formula is C27H33F3N4O3S. The van der Waals surface area contributed by atoms with Crippen LogP contribution in [0.15, 0.2) is 24.3 Å². The second kappa shape index (κ2) is 10.2. The number of methoxy groups -OCH3 is 1. The molecule has 3 aromatic rings. The third-order valence-electron chi connectivity index (χ3n) is 7.39. The van der Waals surface area contributed by atoms with E-state index in [0.29, 0.717) is 34.6 Å². The average Bonchev–Trinajstić information content (AvgIpc) is 3.32. The van der Waals surface area contributed by atoms with E-state index in [2.05, 4.69) is 20.4 Å². The maximum absolute atomic E-state index is 15.3. The number of aliphatic hydroxyl groups is 1. The molecule has 3 heterocycles. The van der Waals surface area contributed by atoms with Crippen molar-refractivity contribution < 1.29 is 27.8 Å². The molecule has 2 aromatic heterocycles. The summed E-state index contributed by atoms with van der Waals surface area (Å²) in [7, 11) is 3.57. The number of benzene rings is 1. The van der Waals surface area contributed by atoms with Gasteiger partial charge >= 0.3 is 5.92 Å². The van der Waals surface area contributed by atoms with Gasteiger partial charge in [0.2, 0.25) is 5.78 Å². The molecule has 38 heavy (non-hydrogen) atoms. The van der Waals surface area contributed by atoms with Crippen molar-refractivity contribution in [2.45, 2.75) is 63.7 Å². The molecular weight excluding hydrogens is 517 g/mol. The number of alkyl halides is 2. The molecule has 1 saturated heterocycles. The van der Waals surface area contributed by atoms with Crippen molar-refractivity contribution in [1.82, 2.24) is 15.1 Å². The Labute approximate surface area is 224 Å². The zero-order valence-electron chi connectivity index (χ0n) is 22.4. The first-order valence-electron chi connectivity index (χ1n) is 12.4. The molecule has 4 rings (SSSR count). The van der Waals surface area contributed by atoms with Crippen LogP contribution < -0.4 is 5.32 Å². The Morgan fingerprint density at radius 1 is 1.26 bits per heavy atom. The van der Waals surface area contributed by atoms with Gasteiger partial charge in [-0.25, -0.2) is 4.39 Å². The van der Waals surface area contributed by atoms with Crippen LogP contribution in [0.5, 0.6) is 0 Å². The number of ketones is 1. The highest BCUT2D eigenvalue weighted by Crippen LogP contribution is 2.42. The number of carbonyl (C=O) groups is 1. The number of Topliss-reactive ketones (excluding diaryl/α,β-unsaturated/α-hetero) is 1. The largest absolute Gasteiger partial charge is 0.384 e. The molecule has 1 aromatic carbocycles. The maximum Gasteiger partial charge on any atom is 0.303 e. The molecule has 2 N–H and O–H groups in total. The van der Waals surface area contributed by atoms with Crippen molar-refractivity contribution in [2.24, 2.45) is 0 Å². The third kappa shape index (κ3) is 4.92. The number of carbonyl (C=O) groups excluding carboxylic acids is 1. The Kier molecular flexibility index (Phi) is 7.61. The zero-order valence-corrected chi connectivity index (χ0v) is 23.2. The van der Waals surface area contributed by atoms with Crippen molar-refractivity contribution >= 4 is 33.0 Å². The monoisotopic (exact) mass is 550 g/mol. The van der Waals surface area contributed by atoms with E-state index in [1.165, 1.54) is 23.5 Å². The van der Waals surface area contributed by atoms with Gasteiger partial charge < -0.3 is 20.1 Å². The number of hydrogen-bond acceptors (Lipinski definition) is 8. The van der Waals surface area contributed by atoms with Crippen molar-refractivity contribution in [3.8, 4) is 0 Å². The molecule has 0 saturated carbocycles. The summed E-state index contributed by atoms with van der Waals surface area (Å²) in [5.41, 5.74) is -3.63. The Morgan fingerprint density at radius 3 is 2.53 bits per heavy atom. The summed E-state index contributed by atoms with van der Waals surface area (Å²) < 4.78 is 51.4. The summed E-state index contributed by atoms with van der Waals surface area (Å²) in [5.74, 6) is -4.71. The second-order valence-corrected chi connectivity index (χ2v) is 11.6. The summed E-state index contributed by atoms with van der Waals surface area (Å²) >= 11 is 1.30. The molecule has 1 atom stereocenters. The number of aromatic nitrogens is 2.